The van der Waals surface area contributed by atoms with Gasteiger partial charge in [0.2, 0.25) is 5.91 Å². The molecule has 27 heteroatoms. The van der Waals surface area contributed by atoms with Crippen molar-refractivity contribution < 1.29 is 57.2 Å². The van der Waals surface area contributed by atoms with Crippen LogP contribution in [0.2, 0.25) is 0 Å². The molecule has 2 aromatic carbocycles. The summed E-state index contributed by atoms with van der Waals surface area (Å²) >= 11 is 3.82. The quantitative estimate of drug-likeness (QED) is 0.0259. The molecule has 8 atom stereocenters. The molecule has 464 valence electrons. The van der Waals surface area contributed by atoms with Gasteiger partial charge in [-0.3, -0.25) is 30.0 Å². The van der Waals surface area contributed by atoms with Crippen LogP contribution in [0.25, 0.3) is 0 Å². The first kappa shape index (κ1) is 66.6. The highest BCUT2D eigenvalue weighted by molar-refractivity contribution is 8.00. The van der Waals surface area contributed by atoms with E-state index in [9.17, 15) is 33.6 Å². The number of guanidine groups is 2. The fraction of sp³-hybridized carbons (Fsp3) is 0.632. The first-order chi connectivity index (χ1) is 40.8. The highest BCUT2D eigenvalue weighted by Crippen LogP contribution is 2.34. The van der Waals surface area contributed by atoms with Crippen molar-refractivity contribution in [3.05, 3.63) is 65.2 Å². The number of benzene rings is 2. The van der Waals surface area contributed by atoms with E-state index in [1.807, 2.05) is 53.9 Å². The number of fused-ring (bicyclic) bond motifs is 2. The van der Waals surface area contributed by atoms with E-state index in [0.717, 1.165) is 55.6 Å². The molecule has 0 aromatic heterocycles. The van der Waals surface area contributed by atoms with Gasteiger partial charge in [-0.05, 0) is 94.5 Å². The van der Waals surface area contributed by atoms with E-state index < -0.39 is 42.0 Å². The van der Waals surface area contributed by atoms with Gasteiger partial charge in [0, 0.05) is 71.4 Å². The van der Waals surface area contributed by atoms with Gasteiger partial charge >= 0.3 is 24.1 Å². The summed E-state index contributed by atoms with van der Waals surface area (Å²) in [6.07, 6.45) is 9.06. The minimum absolute atomic E-state index is 0.116. The molecule has 4 aliphatic rings. The Bertz CT molecular complexity index is 2470. The minimum Gasteiger partial charge on any atom is -0.468 e. The van der Waals surface area contributed by atoms with Gasteiger partial charge in [-0.25, -0.2) is 14.4 Å². The summed E-state index contributed by atoms with van der Waals surface area (Å²) in [6.45, 7) is 2.60. The number of methoxy groups -OCH3 is 2. The Labute approximate surface area is 500 Å². The highest BCUT2D eigenvalue weighted by Gasteiger charge is 2.42. The van der Waals surface area contributed by atoms with Crippen LogP contribution in [-0.4, -0.2) is 185 Å². The maximum Gasteiger partial charge on any atom is 0.407 e. The second-order valence-electron chi connectivity index (χ2n) is 21.0. The van der Waals surface area contributed by atoms with Crippen molar-refractivity contribution >= 4 is 82.9 Å². The largest absolute Gasteiger partial charge is 0.468 e. The molecule has 2 aromatic rings. The third kappa shape index (κ3) is 23.5. The molecule has 0 spiro atoms. The lowest BCUT2D eigenvalue weighted by molar-refractivity contribution is -0.145. The maximum atomic E-state index is 13.6. The maximum absolute atomic E-state index is 13.6. The lowest BCUT2D eigenvalue weighted by Gasteiger charge is -2.18. The second-order valence-corrected chi connectivity index (χ2v) is 23.5. The predicted octanol–water partition coefficient (Wildman–Crippen LogP) is 3.44. The number of amides is 6. The van der Waals surface area contributed by atoms with E-state index in [1.165, 1.54) is 32.4 Å². The lowest BCUT2D eigenvalue weighted by Crippen LogP contribution is -2.41. The number of nitrogens with one attached hydrogen (secondary N) is 13. The Hall–Kier alpha value is -6.55. The normalized spacial score (nSPS) is 19.9. The first-order valence-electron chi connectivity index (χ1n) is 29.3. The van der Waals surface area contributed by atoms with E-state index in [-0.39, 0.29) is 113 Å². The van der Waals surface area contributed by atoms with Crippen LogP contribution in [0.3, 0.4) is 0 Å². The van der Waals surface area contributed by atoms with E-state index in [2.05, 4.69) is 58.5 Å². The van der Waals surface area contributed by atoms with Crippen molar-refractivity contribution in [1.29, 1.82) is 10.8 Å². The molecule has 25 nitrogen and oxygen atoms in total. The van der Waals surface area contributed by atoms with Gasteiger partial charge in [-0.2, -0.15) is 23.5 Å². The Morgan fingerprint density at radius 1 is 0.595 bits per heavy atom. The van der Waals surface area contributed by atoms with Crippen LogP contribution in [0.15, 0.2) is 48.5 Å². The number of carbonyl (C=O) groups is 7. The Balaban J connectivity index is 0.909. The van der Waals surface area contributed by atoms with Crippen molar-refractivity contribution in [1.82, 2.24) is 53.2 Å². The zero-order valence-electron chi connectivity index (χ0n) is 48.3. The number of hydrogen-bond donors (Lipinski definition) is 13. The lowest BCUT2D eigenvalue weighted by atomic mass is 10.0. The summed E-state index contributed by atoms with van der Waals surface area (Å²) < 4.78 is 26.3. The summed E-state index contributed by atoms with van der Waals surface area (Å²) in [5.74, 6) is 0.596. The van der Waals surface area contributed by atoms with Crippen LogP contribution in [0.5, 0.6) is 0 Å². The molecule has 4 saturated heterocycles. The number of carbonyl (C=O) groups excluding carboxylic acids is 7. The number of rotatable bonds is 39. The average molecular weight is 1210 g/mol. The predicted molar refractivity (Wildman–Crippen MR) is 322 cm³/mol. The van der Waals surface area contributed by atoms with Crippen LogP contribution >= 0.6 is 23.5 Å². The monoisotopic (exact) mass is 1210 g/mol. The number of esters is 2. The van der Waals surface area contributed by atoms with Crippen molar-refractivity contribution in [2.24, 2.45) is 0 Å². The van der Waals surface area contributed by atoms with Gasteiger partial charge in [0.25, 0.3) is 11.8 Å². The Kier molecular flexibility index (Phi) is 29.3. The van der Waals surface area contributed by atoms with Crippen molar-refractivity contribution in [3.8, 4) is 0 Å². The van der Waals surface area contributed by atoms with Gasteiger partial charge < -0.3 is 82.2 Å². The smallest absolute Gasteiger partial charge is 0.407 e. The highest BCUT2D eigenvalue weighted by atomic mass is 32.2. The number of unbranched alkanes of at least 4 members (excludes halogenated alkanes) is 5. The number of anilines is 1. The van der Waals surface area contributed by atoms with Gasteiger partial charge in [0.15, 0.2) is 11.9 Å². The molecule has 6 rings (SSSR count). The molecular weight excluding hydrogens is 1120 g/mol. The number of alkyl carbamates (subject to hydrolysis) is 1. The molecule has 0 radical (unpaired) electrons. The Morgan fingerprint density at radius 3 is 1.74 bits per heavy atom. The number of hydrogen-bond acceptors (Lipinski definition) is 17. The molecule has 84 heavy (non-hydrogen) atoms. The molecule has 6 amide bonds. The molecule has 0 saturated carbocycles. The van der Waals surface area contributed by atoms with Crippen LogP contribution in [0, 0.1) is 10.8 Å². The fourth-order valence-corrected chi connectivity index (χ4v) is 13.3. The van der Waals surface area contributed by atoms with Gasteiger partial charge in [0.1, 0.15) is 18.7 Å². The van der Waals surface area contributed by atoms with Crippen molar-refractivity contribution in [2.75, 3.05) is 90.2 Å². The van der Waals surface area contributed by atoms with Crippen molar-refractivity contribution in [2.45, 2.75) is 143 Å². The minimum atomic E-state index is -0.851. The van der Waals surface area contributed by atoms with E-state index in [4.69, 9.17) is 34.5 Å². The van der Waals surface area contributed by atoms with Crippen molar-refractivity contribution in [3.63, 3.8) is 0 Å². The zero-order chi connectivity index (χ0) is 59.9. The molecular formula is C57H87N13O12S2. The van der Waals surface area contributed by atoms with E-state index >= 15 is 0 Å². The van der Waals surface area contributed by atoms with Gasteiger partial charge in [-0.1, -0.05) is 49.6 Å². The second kappa shape index (κ2) is 37.0. The van der Waals surface area contributed by atoms with Gasteiger partial charge in [0.05, 0.1) is 64.8 Å². The molecule has 4 heterocycles. The molecule has 0 bridgehead atoms. The average Bonchev–Trinajstić information content (AvgIpc) is 4.33. The van der Waals surface area contributed by atoms with E-state index in [0.29, 0.717) is 79.6 Å². The molecule has 0 unspecified atom stereocenters. The first-order valence-corrected chi connectivity index (χ1v) is 31.4. The van der Waals surface area contributed by atoms with Crippen LogP contribution in [-0.2, 0) is 44.7 Å². The van der Waals surface area contributed by atoms with Crippen LogP contribution in [0.4, 0.5) is 15.3 Å². The van der Waals surface area contributed by atoms with Crippen LogP contribution < -0.4 is 58.5 Å². The molecule has 4 aliphatic heterocycles. The zero-order valence-corrected chi connectivity index (χ0v) is 50.0. The number of thioether (sulfide) groups is 2. The molecule has 0 aliphatic carbocycles. The summed E-state index contributed by atoms with van der Waals surface area (Å²) in [6, 6.07) is 12.9. The SMILES string of the molecule is COC(=O)[C@H](CCCCNC(=O)c1cc(NC(=O)NCCOCCOCCNC(=O)OCc2ccccc2)cc(C(=O)NCCCC[C@H](NC(=O)CCCC[C@@H]2SC[C@@H]3NC(=N)N[C@@H]32)C(=O)OC)c1)NCCCCC[C@@H]1SC[C@@H]2NC(=N)N[C@@H]21. The summed E-state index contributed by atoms with van der Waals surface area (Å²) in [7, 11) is 2.63. The molecule has 4 fully saturated rings. The number of urea groups is 1. The fourth-order valence-electron chi connectivity index (χ4n) is 10.3. The summed E-state index contributed by atoms with van der Waals surface area (Å²) in [5, 5.41) is 49.3. The summed E-state index contributed by atoms with van der Waals surface area (Å²) in [5.41, 5.74) is 1.31. The molecule has 13 N–H and O–H groups in total. The topological polar surface area (TPSA) is 346 Å². The third-order valence-corrected chi connectivity index (χ3v) is 17.7. The Morgan fingerprint density at radius 2 is 1.14 bits per heavy atom. The van der Waals surface area contributed by atoms with E-state index in [1.54, 1.807) is 0 Å². The third-order valence-electron chi connectivity index (χ3n) is 14.7. The van der Waals surface area contributed by atoms with Gasteiger partial charge in [-0.15, -0.1) is 0 Å². The van der Waals surface area contributed by atoms with Crippen LogP contribution in [0.1, 0.15) is 116 Å². The summed E-state index contributed by atoms with van der Waals surface area (Å²) in [4.78, 5) is 90.5. The number of ether oxygens (including phenoxy) is 5. The standard InChI is InChI=1S/C57H87N13O12S2/c1-78-52(74)41(60-22-12-4-7-19-45-48-43(35-83-45)67-54(58)69-48)17-10-13-23-61-50(72)38-31-39(33-40(32-38)65-56(76)63-25-27-80-29-30-81-28-26-64-57(77)82-34-37-15-5-3-6-16-37)51(73)62-24-14-11-18-42(53(75)79-2)66-47(71)21-9-8-20-46-49-44(36-84-46)68-55(59)70-49/h3,5-6,15-16,31-33,41-46,48-49,60H,4,7-14,17-30,34-36H2,1-2H3,(H,61,72)(H,62,73)(H,64,77)(H,66,71)(H3,58,67,69)(H3,59,68,70)(H2,63,65,76)/t41-,42-,43-,44-,45-,46-,48-,49-/m0/s1.